The highest BCUT2D eigenvalue weighted by Gasteiger charge is 2.30. The van der Waals surface area contributed by atoms with E-state index >= 15 is 0 Å². The van der Waals surface area contributed by atoms with E-state index in [4.69, 9.17) is 0 Å². The second-order valence-electron chi connectivity index (χ2n) is 8.47. The Labute approximate surface area is 201 Å². The second kappa shape index (κ2) is 10.8. The molecule has 0 bridgehead atoms. The molecule has 1 saturated heterocycles. The number of nitrogens with zero attached hydrogens (tertiary/aromatic N) is 3. The average Bonchev–Trinajstić information content (AvgIpc) is 3.30. The third-order valence-electron chi connectivity index (χ3n) is 6.15. The van der Waals surface area contributed by atoms with E-state index in [9.17, 15) is 13.2 Å². The van der Waals surface area contributed by atoms with Crippen molar-refractivity contribution in [1.82, 2.24) is 14.1 Å². The van der Waals surface area contributed by atoms with E-state index in [0.29, 0.717) is 38.3 Å². The van der Waals surface area contributed by atoms with Crippen LogP contribution in [-0.2, 0) is 27.8 Å². The monoisotopic (exact) mass is 478 g/mol. The van der Waals surface area contributed by atoms with Gasteiger partial charge in [-0.2, -0.15) is 9.40 Å². The maximum absolute atomic E-state index is 12.9. The molecule has 1 fully saturated rings. The van der Waals surface area contributed by atoms with Crippen LogP contribution in [0.5, 0.6) is 0 Å². The Morgan fingerprint density at radius 3 is 2.38 bits per heavy atom. The summed E-state index contributed by atoms with van der Waals surface area (Å²) in [5, 5.41) is 8.58. The Morgan fingerprint density at radius 1 is 1.03 bits per heavy atom. The molecule has 1 N–H and O–H groups in total. The summed E-state index contributed by atoms with van der Waals surface area (Å²) in [5.74, 6) is 0.308. The van der Waals surface area contributed by atoms with Gasteiger partial charge in [0.25, 0.3) is 0 Å². The molecule has 2 heterocycles. The molecule has 0 saturated carbocycles. The molecule has 34 heavy (non-hydrogen) atoms. The molecule has 0 radical (unpaired) electrons. The summed E-state index contributed by atoms with van der Waals surface area (Å²) in [6.07, 6.45) is 5.23. The highest BCUT2D eigenvalue weighted by Crippen LogP contribution is 2.23. The van der Waals surface area contributed by atoms with Crippen LogP contribution in [0.1, 0.15) is 36.5 Å². The zero-order chi connectivity index (χ0) is 24.0. The summed E-state index contributed by atoms with van der Waals surface area (Å²) in [6, 6.07) is 19.5. The fraction of sp³-hybridized carbons (Fsp3) is 0.308. The second-order valence-corrected chi connectivity index (χ2v) is 10.3. The van der Waals surface area contributed by atoms with Crippen LogP contribution in [0, 0.1) is 5.92 Å². The summed E-state index contributed by atoms with van der Waals surface area (Å²) in [5.41, 5.74) is 3.22. The number of anilines is 1. The lowest BCUT2D eigenvalue weighted by atomic mass is 9.97. The van der Waals surface area contributed by atoms with Gasteiger partial charge in [-0.05, 0) is 42.0 Å². The largest absolute Gasteiger partial charge is 0.311 e. The van der Waals surface area contributed by atoms with Crippen molar-refractivity contribution in [1.29, 1.82) is 0 Å². The topological polar surface area (TPSA) is 84.3 Å². The van der Waals surface area contributed by atoms with E-state index in [0.717, 1.165) is 17.5 Å². The Kier molecular flexibility index (Phi) is 7.59. The van der Waals surface area contributed by atoms with Gasteiger partial charge in [-0.25, -0.2) is 13.1 Å². The van der Waals surface area contributed by atoms with Gasteiger partial charge >= 0.3 is 0 Å². The van der Waals surface area contributed by atoms with Crippen molar-refractivity contribution in [3.63, 3.8) is 0 Å². The zero-order valence-electron chi connectivity index (χ0n) is 19.3. The quantitative estimate of drug-likeness (QED) is 0.527. The highest BCUT2D eigenvalue weighted by atomic mass is 32.2. The number of rotatable bonds is 8. The molecule has 1 aliphatic heterocycles. The minimum absolute atomic E-state index is 0.0973. The van der Waals surface area contributed by atoms with Crippen LogP contribution in [0.15, 0.2) is 72.3 Å². The first kappa shape index (κ1) is 23.9. The smallest absolute Gasteiger partial charge is 0.236 e. The van der Waals surface area contributed by atoms with E-state index in [1.165, 1.54) is 15.3 Å². The molecule has 0 aliphatic carbocycles. The molecule has 0 unspecified atom stereocenters. The first-order valence-electron chi connectivity index (χ1n) is 11.6. The number of nitrogens with one attached hydrogen (secondary N) is 1. The molecule has 7 nitrogen and oxygen atoms in total. The summed E-state index contributed by atoms with van der Waals surface area (Å²) < 4.78 is 28.6. The van der Waals surface area contributed by atoms with Gasteiger partial charge in [0, 0.05) is 30.5 Å². The van der Waals surface area contributed by atoms with Crippen LogP contribution >= 0.6 is 0 Å². The molecule has 1 aromatic heterocycles. The van der Waals surface area contributed by atoms with Crippen molar-refractivity contribution in [3.05, 3.63) is 89.0 Å². The van der Waals surface area contributed by atoms with Crippen LogP contribution in [0.2, 0.25) is 0 Å². The van der Waals surface area contributed by atoms with Crippen molar-refractivity contribution in [2.45, 2.75) is 32.7 Å². The van der Waals surface area contributed by atoms with Crippen LogP contribution in [0.4, 0.5) is 5.82 Å². The Hall–Kier alpha value is -3.23. The number of sulfonamides is 1. The van der Waals surface area contributed by atoms with Gasteiger partial charge < -0.3 is 5.32 Å². The van der Waals surface area contributed by atoms with Crippen molar-refractivity contribution in [3.8, 4) is 0 Å². The van der Waals surface area contributed by atoms with E-state index in [1.54, 1.807) is 23.0 Å². The summed E-state index contributed by atoms with van der Waals surface area (Å²) in [6.45, 7) is 3.33. The van der Waals surface area contributed by atoms with E-state index in [2.05, 4.69) is 41.6 Å². The van der Waals surface area contributed by atoms with Gasteiger partial charge in [-0.15, -0.1) is 0 Å². The maximum atomic E-state index is 12.9. The number of amides is 1. The fourth-order valence-electron chi connectivity index (χ4n) is 4.03. The Bertz CT molecular complexity index is 1230. The Morgan fingerprint density at radius 2 is 1.71 bits per heavy atom. The molecule has 3 aromatic rings. The predicted octanol–water partition coefficient (Wildman–Crippen LogP) is 4.15. The third-order valence-corrected chi connectivity index (χ3v) is 7.71. The lowest BCUT2D eigenvalue weighted by Crippen LogP contribution is -2.40. The molecule has 2 aromatic carbocycles. The molecular weight excluding hydrogens is 448 g/mol. The van der Waals surface area contributed by atoms with Crippen molar-refractivity contribution >= 4 is 27.8 Å². The van der Waals surface area contributed by atoms with Gasteiger partial charge in [0.15, 0.2) is 0 Å². The van der Waals surface area contributed by atoms with Crippen LogP contribution in [-0.4, -0.2) is 41.5 Å². The summed E-state index contributed by atoms with van der Waals surface area (Å²) in [7, 11) is -3.52. The SMILES string of the molecule is CCc1ccc(Cn2nccc2NC(=O)C2CCN(S(=O)(=O)/C=C/c3ccccc3)CC2)cc1. The first-order valence-corrected chi connectivity index (χ1v) is 13.1. The number of hydrogen-bond donors (Lipinski definition) is 1. The average molecular weight is 479 g/mol. The number of benzene rings is 2. The Balaban J connectivity index is 1.32. The molecular formula is C26H30N4O3S. The normalized spacial score (nSPS) is 15.6. The highest BCUT2D eigenvalue weighted by molar-refractivity contribution is 7.92. The molecule has 4 rings (SSSR count). The van der Waals surface area contributed by atoms with Gasteiger partial charge in [0.05, 0.1) is 12.7 Å². The lowest BCUT2D eigenvalue weighted by Gasteiger charge is -2.29. The van der Waals surface area contributed by atoms with E-state index < -0.39 is 10.0 Å². The van der Waals surface area contributed by atoms with Crippen molar-refractivity contribution < 1.29 is 13.2 Å². The minimum Gasteiger partial charge on any atom is -0.311 e. The van der Waals surface area contributed by atoms with Crippen molar-refractivity contribution in [2.75, 3.05) is 18.4 Å². The maximum Gasteiger partial charge on any atom is 0.236 e. The number of aryl methyl sites for hydroxylation is 1. The molecule has 8 heteroatoms. The van der Waals surface area contributed by atoms with Crippen LogP contribution < -0.4 is 5.32 Å². The number of piperidine rings is 1. The van der Waals surface area contributed by atoms with Crippen LogP contribution in [0.25, 0.3) is 6.08 Å². The molecule has 0 atom stereocenters. The van der Waals surface area contributed by atoms with Gasteiger partial charge in [0.1, 0.15) is 5.82 Å². The molecule has 1 amide bonds. The van der Waals surface area contributed by atoms with Gasteiger partial charge in [0.2, 0.25) is 15.9 Å². The molecule has 1 aliphatic rings. The summed E-state index contributed by atoms with van der Waals surface area (Å²) >= 11 is 0. The number of carbonyl (C=O) groups is 1. The molecule has 0 spiro atoms. The first-order chi connectivity index (χ1) is 16.4. The third kappa shape index (κ3) is 6.01. The van der Waals surface area contributed by atoms with E-state index in [1.807, 2.05) is 30.3 Å². The predicted molar refractivity (Wildman–Crippen MR) is 134 cm³/mol. The minimum atomic E-state index is -3.52. The zero-order valence-corrected chi connectivity index (χ0v) is 20.1. The van der Waals surface area contributed by atoms with Gasteiger partial charge in [-0.1, -0.05) is 61.5 Å². The molecule has 178 valence electrons. The van der Waals surface area contributed by atoms with E-state index in [-0.39, 0.29) is 11.8 Å². The fourth-order valence-corrected chi connectivity index (χ4v) is 5.25. The summed E-state index contributed by atoms with van der Waals surface area (Å²) in [4.78, 5) is 12.9. The standard InChI is InChI=1S/C26H30N4O3S/c1-2-21-8-10-23(11-9-21)20-30-25(12-16-27-30)28-26(31)24-13-17-29(18-14-24)34(32,33)19-15-22-6-4-3-5-7-22/h3-12,15-16,19,24H,2,13-14,17-18,20H2,1H3,(H,28,31)/b19-15+. The number of hydrogen-bond acceptors (Lipinski definition) is 4. The van der Waals surface area contributed by atoms with Crippen molar-refractivity contribution in [2.24, 2.45) is 5.92 Å². The lowest BCUT2D eigenvalue weighted by molar-refractivity contribution is -0.121. The van der Waals surface area contributed by atoms with Gasteiger partial charge in [-0.3, -0.25) is 4.79 Å². The number of carbonyl (C=O) groups excluding carboxylic acids is 1. The number of aromatic nitrogens is 2. The van der Waals surface area contributed by atoms with Crippen LogP contribution in [0.3, 0.4) is 0 Å².